The van der Waals surface area contributed by atoms with Crippen molar-refractivity contribution >= 4 is 23.1 Å². The third-order valence-electron chi connectivity index (χ3n) is 6.05. The number of carbonyl (C=O) groups excluding carboxylic acids is 2. The van der Waals surface area contributed by atoms with Gasteiger partial charge in [-0.05, 0) is 60.9 Å². The lowest BCUT2D eigenvalue weighted by Crippen LogP contribution is -2.30. The Balaban J connectivity index is 2.02. The van der Waals surface area contributed by atoms with E-state index in [0.29, 0.717) is 28.3 Å². The second-order valence-electron chi connectivity index (χ2n) is 7.87. The molecule has 0 aliphatic carbocycles. The number of anilines is 1. The molecule has 0 spiro atoms. The number of nitrogens with zero attached hydrogens (tertiary/aromatic N) is 1. The van der Waals surface area contributed by atoms with Crippen molar-refractivity contribution in [2.75, 3.05) is 19.1 Å². The Labute approximate surface area is 192 Å². The quantitative estimate of drug-likeness (QED) is 0.343. The van der Waals surface area contributed by atoms with Crippen LogP contribution in [0.2, 0.25) is 0 Å². The number of aliphatic hydroxyl groups is 1. The smallest absolute Gasteiger partial charge is 0.300 e. The highest BCUT2D eigenvalue weighted by atomic mass is 16.5. The Morgan fingerprint density at radius 3 is 2.36 bits per heavy atom. The third-order valence-corrected chi connectivity index (χ3v) is 6.05. The first-order chi connectivity index (χ1) is 15.9. The van der Waals surface area contributed by atoms with Gasteiger partial charge in [0.05, 0.1) is 31.4 Å². The molecule has 6 nitrogen and oxygen atoms in total. The molecule has 1 unspecified atom stereocenters. The molecule has 0 saturated carbocycles. The number of Topliss-reactive ketones (excluding diaryl/α,β-unsaturated/α-hetero) is 1. The summed E-state index contributed by atoms with van der Waals surface area (Å²) in [5, 5.41) is 11.3. The van der Waals surface area contributed by atoms with E-state index in [1.54, 1.807) is 49.6 Å². The van der Waals surface area contributed by atoms with Gasteiger partial charge in [-0.15, -0.1) is 0 Å². The van der Waals surface area contributed by atoms with Crippen molar-refractivity contribution in [2.45, 2.75) is 19.9 Å². The Morgan fingerprint density at radius 1 is 0.909 bits per heavy atom. The summed E-state index contributed by atoms with van der Waals surface area (Å²) in [6.45, 7) is 3.86. The van der Waals surface area contributed by atoms with Crippen LogP contribution in [0.25, 0.3) is 5.76 Å². The molecule has 1 N–H and O–H groups in total. The van der Waals surface area contributed by atoms with E-state index in [2.05, 4.69) is 0 Å². The Kier molecular flexibility index (Phi) is 5.92. The van der Waals surface area contributed by atoms with Crippen molar-refractivity contribution in [1.82, 2.24) is 0 Å². The van der Waals surface area contributed by atoms with Crippen LogP contribution in [0.1, 0.15) is 28.3 Å². The third kappa shape index (κ3) is 3.74. The molecule has 1 heterocycles. The lowest BCUT2D eigenvalue weighted by atomic mass is 9.94. The molecule has 1 aliphatic rings. The monoisotopic (exact) mass is 443 g/mol. The van der Waals surface area contributed by atoms with Gasteiger partial charge in [-0.1, -0.05) is 36.4 Å². The number of rotatable bonds is 5. The van der Waals surface area contributed by atoms with Gasteiger partial charge in [0.25, 0.3) is 11.7 Å². The van der Waals surface area contributed by atoms with E-state index in [-0.39, 0.29) is 11.3 Å². The van der Waals surface area contributed by atoms with Crippen LogP contribution in [-0.4, -0.2) is 31.0 Å². The van der Waals surface area contributed by atoms with Crippen LogP contribution in [0, 0.1) is 13.8 Å². The van der Waals surface area contributed by atoms with Crippen LogP contribution in [0.4, 0.5) is 5.69 Å². The number of aryl methyl sites for hydroxylation is 1. The standard InChI is InChI=1S/C27H25NO5/c1-16-9-7-13-21(17(16)2)28-24(18-10-8-11-19(15-18)32-3)23(26(30)27(28)31)25(29)20-12-5-6-14-22(20)33-4/h5-15,24,29H,1-4H3/b25-23+. The van der Waals surface area contributed by atoms with Gasteiger partial charge in [-0.25, -0.2) is 0 Å². The summed E-state index contributed by atoms with van der Waals surface area (Å²) in [4.78, 5) is 28.2. The zero-order valence-corrected chi connectivity index (χ0v) is 19.0. The minimum Gasteiger partial charge on any atom is -0.507 e. The molecule has 1 atom stereocenters. The van der Waals surface area contributed by atoms with Gasteiger partial charge in [0, 0.05) is 5.69 Å². The van der Waals surface area contributed by atoms with Crippen LogP contribution in [0.5, 0.6) is 11.5 Å². The molecule has 1 amide bonds. The maximum Gasteiger partial charge on any atom is 0.300 e. The van der Waals surface area contributed by atoms with Gasteiger partial charge < -0.3 is 14.6 Å². The molecule has 33 heavy (non-hydrogen) atoms. The summed E-state index contributed by atoms with van der Waals surface area (Å²) in [5.74, 6) is -0.764. The zero-order valence-electron chi connectivity index (χ0n) is 19.0. The summed E-state index contributed by atoms with van der Waals surface area (Å²) in [7, 11) is 3.04. The van der Waals surface area contributed by atoms with Crippen LogP contribution < -0.4 is 14.4 Å². The molecule has 0 bridgehead atoms. The lowest BCUT2D eigenvalue weighted by molar-refractivity contribution is -0.132. The summed E-state index contributed by atoms with van der Waals surface area (Å²) in [5.41, 5.74) is 3.47. The number of ether oxygens (including phenoxy) is 2. The topological polar surface area (TPSA) is 76.1 Å². The molecule has 4 rings (SSSR count). The number of benzene rings is 3. The Bertz CT molecular complexity index is 1280. The van der Waals surface area contributed by atoms with Crippen molar-refractivity contribution in [2.24, 2.45) is 0 Å². The van der Waals surface area contributed by atoms with E-state index in [0.717, 1.165) is 11.1 Å². The molecular weight excluding hydrogens is 418 g/mol. The maximum absolute atomic E-state index is 13.4. The molecule has 6 heteroatoms. The van der Waals surface area contributed by atoms with Gasteiger partial charge in [0.2, 0.25) is 0 Å². The van der Waals surface area contributed by atoms with E-state index in [9.17, 15) is 14.7 Å². The lowest BCUT2D eigenvalue weighted by Gasteiger charge is -2.27. The first kappa shape index (κ1) is 22.1. The fourth-order valence-corrected chi connectivity index (χ4v) is 4.19. The van der Waals surface area contributed by atoms with E-state index in [1.165, 1.54) is 12.0 Å². The highest BCUT2D eigenvalue weighted by Gasteiger charge is 2.47. The van der Waals surface area contributed by atoms with Gasteiger partial charge in [-0.2, -0.15) is 0 Å². The number of carbonyl (C=O) groups is 2. The molecule has 1 saturated heterocycles. The molecule has 0 aromatic heterocycles. The van der Waals surface area contributed by atoms with Crippen LogP contribution in [-0.2, 0) is 9.59 Å². The van der Waals surface area contributed by atoms with Gasteiger partial charge in [-0.3, -0.25) is 14.5 Å². The first-order valence-corrected chi connectivity index (χ1v) is 10.5. The average Bonchev–Trinajstić information content (AvgIpc) is 3.10. The molecule has 1 fully saturated rings. The van der Waals surface area contributed by atoms with E-state index in [1.807, 2.05) is 38.1 Å². The Morgan fingerprint density at radius 2 is 1.64 bits per heavy atom. The summed E-state index contributed by atoms with van der Waals surface area (Å²) in [6.07, 6.45) is 0. The van der Waals surface area contributed by atoms with Crippen LogP contribution in [0.3, 0.4) is 0 Å². The van der Waals surface area contributed by atoms with E-state index < -0.39 is 17.7 Å². The average molecular weight is 443 g/mol. The number of ketones is 1. The number of hydrogen-bond acceptors (Lipinski definition) is 5. The zero-order chi connectivity index (χ0) is 23.7. The van der Waals surface area contributed by atoms with Gasteiger partial charge in [0.15, 0.2) is 0 Å². The molecule has 3 aromatic rings. The molecular formula is C27H25NO5. The normalized spacial score (nSPS) is 17.3. The molecule has 1 aliphatic heterocycles. The van der Waals surface area contributed by atoms with E-state index in [4.69, 9.17) is 9.47 Å². The Hall–Kier alpha value is -4.06. The molecule has 0 radical (unpaired) electrons. The number of methoxy groups -OCH3 is 2. The SMILES string of the molecule is COc1cccc(C2/C(=C(\O)c3ccccc3OC)C(=O)C(=O)N2c2cccc(C)c2C)c1. The fourth-order valence-electron chi connectivity index (χ4n) is 4.19. The highest BCUT2D eigenvalue weighted by Crippen LogP contribution is 2.44. The van der Waals surface area contributed by atoms with Gasteiger partial charge in [0.1, 0.15) is 17.3 Å². The summed E-state index contributed by atoms with van der Waals surface area (Å²) in [6, 6.07) is 18.8. The number of hydrogen-bond donors (Lipinski definition) is 1. The predicted octanol–water partition coefficient (Wildman–Crippen LogP) is 4.95. The largest absolute Gasteiger partial charge is 0.507 e. The van der Waals surface area contributed by atoms with Crippen molar-refractivity contribution in [3.05, 3.63) is 94.6 Å². The predicted molar refractivity (Wildman–Crippen MR) is 127 cm³/mol. The minimum absolute atomic E-state index is 0.00124. The molecule has 3 aromatic carbocycles. The highest BCUT2D eigenvalue weighted by molar-refractivity contribution is 6.51. The summed E-state index contributed by atoms with van der Waals surface area (Å²) >= 11 is 0. The minimum atomic E-state index is -0.842. The number of aliphatic hydroxyl groups excluding tert-OH is 1. The van der Waals surface area contributed by atoms with Crippen LogP contribution >= 0.6 is 0 Å². The van der Waals surface area contributed by atoms with Crippen molar-refractivity contribution in [3.8, 4) is 11.5 Å². The number of para-hydroxylation sites is 1. The van der Waals surface area contributed by atoms with Crippen LogP contribution in [0.15, 0.2) is 72.3 Å². The molecule has 168 valence electrons. The van der Waals surface area contributed by atoms with E-state index >= 15 is 0 Å². The van der Waals surface area contributed by atoms with Gasteiger partial charge >= 0.3 is 0 Å². The second kappa shape index (κ2) is 8.82. The second-order valence-corrected chi connectivity index (χ2v) is 7.87. The fraction of sp³-hybridized carbons (Fsp3) is 0.185. The van der Waals surface area contributed by atoms with Crippen molar-refractivity contribution < 1.29 is 24.2 Å². The summed E-state index contributed by atoms with van der Waals surface area (Å²) < 4.78 is 10.8. The van der Waals surface area contributed by atoms with Crippen molar-refractivity contribution in [1.29, 1.82) is 0 Å². The number of amides is 1. The van der Waals surface area contributed by atoms with Crippen molar-refractivity contribution in [3.63, 3.8) is 0 Å². The maximum atomic E-state index is 13.4. The first-order valence-electron chi connectivity index (χ1n) is 10.5.